The topological polar surface area (TPSA) is 56.1 Å². The Morgan fingerprint density at radius 1 is 1.00 bits per heavy atom. The highest BCUT2D eigenvalue weighted by Crippen LogP contribution is 2.20. The molecular formula is C29H32ClN3O2. The summed E-state index contributed by atoms with van der Waals surface area (Å²) in [7, 11) is 0. The van der Waals surface area contributed by atoms with Crippen molar-refractivity contribution in [2.24, 2.45) is 0 Å². The van der Waals surface area contributed by atoms with Crippen LogP contribution in [-0.2, 0) is 13.0 Å². The summed E-state index contributed by atoms with van der Waals surface area (Å²) in [4.78, 5) is 17.2. The third kappa shape index (κ3) is 6.64. The highest BCUT2D eigenvalue weighted by molar-refractivity contribution is 6.30. The first kappa shape index (κ1) is 24.8. The van der Waals surface area contributed by atoms with E-state index in [1.807, 2.05) is 6.07 Å². The highest BCUT2D eigenvalue weighted by Gasteiger charge is 2.11. The summed E-state index contributed by atoms with van der Waals surface area (Å²) in [5, 5.41) is 3.61. The second-order valence-electron chi connectivity index (χ2n) is 8.86. The van der Waals surface area contributed by atoms with Crippen molar-refractivity contribution in [3.8, 4) is 5.75 Å². The van der Waals surface area contributed by atoms with Gasteiger partial charge in [0.2, 0.25) is 0 Å². The maximum absolute atomic E-state index is 12.3. The molecule has 0 spiro atoms. The van der Waals surface area contributed by atoms with Gasteiger partial charge in [0.1, 0.15) is 11.6 Å². The maximum atomic E-state index is 12.3. The molecule has 0 atom stereocenters. The molecule has 5 nitrogen and oxygen atoms in total. The highest BCUT2D eigenvalue weighted by atomic mass is 35.5. The summed E-state index contributed by atoms with van der Waals surface area (Å²) in [5.74, 6) is 1.94. The van der Waals surface area contributed by atoms with Crippen LogP contribution in [0.15, 0.2) is 66.7 Å². The number of fused-ring (bicyclic) bond motifs is 1. The molecular weight excluding hydrogens is 458 g/mol. The number of rotatable bonds is 11. The quantitative estimate of drug-likeness (QED) is 0.244. The molecule has 0 aliphatic heterocycles. The molecule has 1 aromatic heterocycles. The Kier molecular flexibility index (Phi) is 8.43. The normalized spacial score (nSPS) is 11.1. The van der Waals surface area contributed by atoms with Crippen LogP contribution in [0.2, 0.25) is 5.02 Å². The molecule has 6 heteroatoms. The van der Waals surface area contributed by atoms with Crippen molar-refractivity contribution in [3.05, 3.63) is 94.3 Å². The number of nitrogens with zero attached hydrogens (tertiary/aromatic N) is 2. The van der Waals surface area contributed by atoms with E-state index in [0.717, 1.165) is 54.8 Å². The fourth-order valence-electron chi connectivity index (χ4n) is 4.23. The number of benzene rings is 3. The number of carbonyl (C=O) groups is 1. The number of amides is 1. The van der Waals surface area contributed by atoms with Gasteiger partial charge in [-0.1, -0.05) is 41.4 Å². The minimum absolute atomic E-state index is 0.0843. The zero-order valence-corrected chi connectivity index (χ0v) is 21.1. The van der Waals surface area contributed by atoms with E-state index in [-0.39, 0.29) is 5.91 Å². The third-order valence-corrected chi connectivity index (χ3v) is 6.32. The Labute approximate surface area is 212 Å². The van der Waals surface area contributed by atoms with Crippen molar-refractivity contribution in [2.45, 2.75) is 46.1 Å². The largest absolute Gasteiger partial charge is 0.493 e. The lowest BCUT2D eigenvalue weighted by atomic mass is 10.1. The van der Waals surface area contributed by atoms with Crippen LogP contribution in [0, 0.1) is 13.8 Å². The van der Waals surface area contributed by atoms with E-state index < -0.39 is 0 Å². The van der Waals surface area contributed by atoms with Gasteiger partial charge in [-0.25, -0.2) is 4.98 Å². The number of unbranched alkanes of at least 4 members (excludes halogenated alkanes) is 1. The first-order valence-electron chi connectivity index (χ1n) is 12.2. The molecule has 3 aromatic carbocycles. The second-order valence-corrected chi connectivity index (χ2v) is 9.30. The zero-order valence-electron chi connectivity index (χ0n) is 20.4. The summed E-state index contributed by atoms with van der Waals surface area (Å²) < 4.78 is 8.31. The number of aromatic nitrogens is 2. The molecule has 1 N–H and O–H groups in total. The molecule has 0 saturated heterocycles. The lowest BCUT2D eigenvalue weighted by Gasteiger charge is -2.12. The Hall–Kier alpha value is -3.31. The maximum Gasteiger partial charge on any atom is 0.251 e. The second kappa shape index (κ2) is 11.9. The van der Waals surface area contributed by atoms with Crippen LogP contribution < -0.4 is 10.1 Å². The summed E-state index contributed by atoms with van der Waals surface area (Å²) >= 11 is 5.90. The SMILES string of the molecule is Cc1ccc(OCCCCn2c(CCCNC(=O)c3ccc(Cl)cc3)nc3ccccc32)c(C)c1. The molecule has 0 bridgehead atoms. The Morgan fingerprint density at radius 3 is 2.60 bits per heavy atom. The van der Waals surface area contributed by atoms with Crippen molar-refractivity contribution in [1.29, 1.82) is 0 Å². The van der Waals surface area contributed by atoms with E-state index in [1.165, 1.54) is 11.1 Å². The van der Waals surface area contributed by atoms with E-state index in [1.54, 1.807) is 24.3 Å². The average molecular weight is 490 g/mol. The van der Waals surface area contributed by atoms with Gasteiger partial charge in [0.25, 0.3) is 5.91 Å². The smallest absolute Gasteiger partial charge is 0.251 e. The van der Waals surface area contributed by atoms with Crippen molar-refractivity contribution >= 4 is 28.5 Å². The Bertz CT molecular complexity index is 1280. The molecule has 4 rings (SSSR count). The van der Waals surface area contributed by atoms with Crippen molar-refractivity contribution < 1.29 is 9.53 Å². The summed E-state index contributed by atoms with van der Waals surface area (Å²) in [6.07, 6.45) is 3.59. The first-order valence-corrected chi connectivity index (χ1v) is 12.6. The van der Waals surface area contributed by atoms with Gasteiger partial charge in [0.15, 0.2) is 0 Å². The number of hydrogen-bond donors (Lipinski definition) is 1. The summed E-state index contributed by atoms with van der Waals surface area (Å²) in [6.45, 7) is 6.36. The van der Waals surface area contributed by atoms with Crippen LogP contribution in [0.4, 0.5) is 0 Å². The Balaban J connectivity index is 1.29. The van der Waals surface area contributed by atoms with Crippen LogP contribution in [0.3, 0.4) is 0 Å². The fraction of sp³-hybridized carbons (Fsp3) is 0.310. The van der Waals surface area contributed by atoms with Gasteiger partial charge in [-0.15, -0.1) is 0 Å². The van der Waals surface area contributed by atoms with Crippen LogP contribution in [0.5, 0.6) is 5.75 Å². The van der Waals surface area contributed by atoms with Gasteiger partial charge in [-0.05, 0) is 81.1 Å². The number of ether oxygens (including phenoxy) is 1. The van der Waals surface area contributed by atoms with Gasteiger partial charge >= 0.3 is 0 Å². The summed E-state index contributed by atoms with van der Waals surface area (Å²) in [5.41, 5.74) is 5.21. The predicted octanol–water partition coefficient (Wildman–Crippen LogP) is 6.53. The molecule has 1 amide bonds. The number of para-hydroxylation sites is 2. The minimum atomic E-state index is -0.0843. The number of aryl methyl sites for hydroxylation is 4. The van der Waals surface area contributed by atoms with E-state index in [2.05, 4.69) is 60.1 Å². The molecule has 0 fully saturated rings. The lowest BCUT2D eigenvalue weighted by Crippen LogP contribution is -2.25. The fourth-order valence-corrected chi connectivity index (χ4v) is 4.36. The van der Waals surface area contributed by atoms with Crippen LogP contribution in [0.1, 0.15) is 46.6 Å². The van der Waals surface area contributed by atoms with Gasteiger partial charge in [-0.2, -0.15) is 0 Å². The Morgan fingerprint density at radius 2 is 1.80 bits per heavy atom. The van der Waals surface area contributed by atoms with E-state index in [4.69, 9.17) is 21.3 Å². The average Bonchev–Trinajstić information content (AvgIpc) is 3.20. The first-order chi connectivity index (χ1) is 17.0. The van der Waals surface area contributed by atoms with Gasteiger partial charge < -0.3 is 14.6 Å². The molecule has 0 saturated carbocycles. The zero-order chi connectivity index (χ0) is 24.6. The molecule has 1 heterocycles. The molecule has 0 aliphatic carbocycles. The minimum Gasteiger partial charge on any atom is -0.493 e. The molecule has 182 valence electrons. The number of hydrogen-bond acceptors (Lipinski definition) is 3. The number of carbonyl (C=O) groups excluding carboxylic acids is 1. The van der Waals surface area contributed by atoms with Crippen molar-refractivity contribution in [1.82, 2.24) is 14.9 Å². The third-order valence-electron chi connectivity index (χ3n) is 6.07. The lowest BCUT2D eigenvalue weighted by molar-refractivity contribution is 0.0953. The monoisotopic (exact) mass is 489 g/mol. The van der Waals surface area contributed by atoms with E-state index >= 15 is 0 Å². The molecule has 0 aliphatic rings. The van der Waals surface area contributed by atoms with Gasteiger partial charge in [0, 0.05) is 30.1 Å². The molecule has 35 heavy (non-hydrogen) atoms. The van der Waals surface area contributed by atoms with Gasteiger partial charge in [0.05, 0.1) is 17.6 Å². The predicted molar refractivity (Wildman–Crippen MR) is 142 cm³/mol. The number of nitrogens with one attached hydrogen (secondary N) is 1. The van der Waals surface area contributed by atoms with Crippen molar-refractivity contribution in [3.63, 3.8) is 0 Å². The van der Waals surface area contributed by atoms with Crippen LogP contribution in [0.25, 0.3) is 11.0 Å². The summed E-state index contributed by atoms with van der Waals surface area (Å²) in [6, 6.07) is 21.5. The molecule has 0 radical (unpaired) electrons. The number of imidazole rings is 1. The number of halogens is 1. The van der Waals surface area contributed by atoms with E-state index in [9.17, 15) is 4.79 Å². The van der Waals surface area contributed by atoms with E-state index in [0.29, 0.717) is 23.7 Å². The molecule has 4 aromatic rings. The van der Waals surface area contributed by atoms with Crippen LogP contribution >= 0.6 is 11.6 Å². The van der Waals surface area contributed by atoms with Crippen LogP contribution in [-0.4, -0.2) is 28.6 Å². The van der Waals surface area contributed by atoms with Crippen molar-refractivity contribution in [2.75, 3.05) is 13.2 Å². The standard InChI is InChI=1S/C29H32ClN3O2/c1-21-11-16-27(22(2)20-21)35-19-6-5-18-33-26-9-4-3-8-25(26)32-28(33)10-7-17-31-29(34)23-12-14-24(30)15-13-23/h3-4,8-9,11-16,20H,5-7,10,17-19H2,1-2H3,(H,31,34). The van der Waals surface area contributed by atoms with Gasteiger partial charge in [-0.3, -0.25) is 4.79 Å². The molecule has 0 unspecified atom stereocenters.